The fourth-order valence-electron chi connectivity index (χ4n) is 2.32. The summed E-state index contributed by atoms with van der Waals surface area (Å²) < 4.78 is 1.66. The summed E-state index contributed by atoms with van der Waals surface area (Å²) in [5, 5.41) is 4.41. The highest BCUT2D eigenvalue weighted by atomic mass is 16.1. The van der Waals surface area contributed by atoms with Crippen molar-refractivity contribution in [2.24, 2.45) is 7.05 Å². The lowest BCUT2D eigenvalue weighted by atomic mass is 10.1. The molecule has 1 fully saturated rings. The Labute approximate surface area is 89.9 Å². The Morgan fingerprint density at radius 2 is 2.47 bits per heavy atom. The third-order valence-corrected chi connectivity index (χ3v) is 3.17. The normalized spacial score (nSPS) is 22.1. The van der Waals surface area contributed by atoms with Crippen LogP contribution in [0.4, 0.5) is 0 Å². The van der Waals surface area contributed by atoms with Crippen LogP contribution in [0.2, 0.25) is 0 Å². The van der Waals surface area contributed by atoms with Crippen molar-refractivity contribution >= 4 is 6.29 Å². The maximum absolute atomic E-state index is 10.7. The molecule has 1 aliphatic heterocycles. The molecule has 2 rings (SSSR count). The molecule has 0 aromatic carbocycles. The number of nitrogens with zero attached hydrogens (tertiary/aromatic N) is 3. The number of carbonyl (C=O) groups is 1. The first kappa shape index (κ1) is 10.4. The van der Waals surface area contributed by atoms with Crippen molar-refractivity contribution in [3.63, 3.8) is 0 Å². The van der Waals surface area contributed by atoms with Crippen LogP contribution in [0.5, 0.6) is 0 Å². The number of carbonyl (C=O) groups excluding carboxylic acids is 1. The summed E-state index contributed by atoms with van der Waals surface area (Å²) in [5.41, 5.74) is 1.70. The van der Waals surface area contributed by atoms with Gasteiger partial charge in [0.05, 0.1) is 11.7 Å². The minimum absolute atomic E-state index is 0.412. The second-order valence-corrected chi connectivity index (χ2v) is 4.02. The number of rotatable bonds is 3. The fourth-order valence-corrected chi connectivity index (χ4v) is 2.32. The van der Waals surface area contributed by atoms with E-state index < -0.39 is 0 Å². The van der Waals surface area contributed by atoms with Gasteiger partial charge >= 0.3 is 0 Å². The Morgan fingerprint density at radius 3 is 3.07 bits per heavy atom. The van der Waals surface area contributed by atoms with Crippen molar-refractivity contribution in [3.05, 3.63) is 17.5 Å². The molecule has 0 amide bonds. The van der Waals surface area contributed by atoms with Crippen LogP contribution in [-0.4, -0.2) is 34.1 Å². The van der Waals surface area contributed by atoms with E-state index in [1.54, 1.807) is 4.68 Å². The van der Waals surface area contributed by atoms with E-state index in [4.69, 9.17) is 0 Å². The molecule has 15 heavy (non-hydrogen) atoms. The van der Waals surface area contributed by atoms with Crippen LogP contribution in [-0.2, 0) is 7.05 Å². The molecule has 0 bridgehead atoms. The van der Waals surface area contributed by atoms with Gasteiger partial charge in [-0.2, -0.15) is 5.10 Å². The summed E-state index contributed by atoms with van der Waals surface area (Å²) in [6.45, 7) is 4.37. The largest absolute Gasteiger partial charge is 0.296 e. The first-order chi connectivity index (χ1) is 7.26. The van der Waals surface area contributed by atoms with Crippen LogP contribution in [0.3, 0.4) is 0 Å². The van der Waals surface area contributed by atoms with Gasteiger partial charge in [0.2, 0.25) is 0 Å². The molecule has 1 aliphatic rings. The second kappa shape index (κ2) is 4.14. The molecule has 1 unspecified atom stereocenters. The van der Waals surface area contributed by atoms with Gasteiger partial charge in [0.1, 0.15) is 5.69 Å². The number of hydrogen-bond donors (Lipinski definition) is 0. The molecule has 1 aromatic heterocycles. The molecule has 1 saturated heterocycles. The highest BCUT2D eigenvalue weighted by Gasteiger charge is 2.26. The fraction of sp³-hybridized carbons (Fsp3) is 0.636. The second-order valence-electron chi connectivity index (χ2n) is 4.02. The average Bonchev–Trinajstić information content (AvgIpc) is 2.82. The van der Waals surface area contributed by atoms with E-state index in [1.165, 1.54) is 6.42 Å². The minimum atomic E-state index is 0.412. The number of aryl methyl sites for hydroxylation is 1. The zero-order valence-electron chi connectivity index (χ0n) is 9.31. The van der Waals surface area contributed by atoms with E-state index >= 15 is 0 Å². The van der Waals surface area contributed by atoms with E-state index in [0.29, 0.717) is 11.7 Å². The van der Waals surface area contributed by atoms with Gasteiger partial charge in [-0.1, -0.05) is 6.92 Å². The van der Waals surface area contributed by atoms with Gasteiger partial charge in [0.25, 0.3) is 0 Å². The topological polar surface area (TPSA) is 38.1 Å². The number of hydrogen-bond acceptors (Lipinski definition) is 3. The van der Waals surface area contributed by atoms with Crippen molar-refractivity contribution in [2.75, 3.05) is 13.1 Å². The Hall–Kier alpha value is -1.16. The molecule has 4 heteroatoms. The van der Waals surface area contributed by atoms with Gasteiger partial charge in [0.15, 0.2) is 6.29 Å². The monoisotopic (exact) mass is 207 g/mol. The van der Waals surface area contributed by atoms with Crippen molar-refractivity contribution in [2.45, 2.75) is 25.8 Å². The molecule has 82 valence electrons. The third-order valence-electron chi connectivity index (χ3n) is 3.17. The molecule has 0 N–H and O–H groups in total. The lowest BCUT2D eigenvalue weighted by Crippen LogP contribution is -2.23. The van der Waals surface area contributed by atoms with Crippen LogP contribution in [0.25, 0.3) is 0 Å². The van der Waals surface area contributed by atoms with Crippen molar-refractivity contribution in [1.29, 1.82) is 0 Å². The summed E-state index contributed by atoms with van der Waals surface area (Å²) >= 11 is 0. The first-order valence-corrected chi connectivity index (χ1v) is 5.49. The number of aldehydes is 1. The molecule has 1 aromatic rings. The molecule has 2 heterocycles. The van der Waals surface area contributed by atoms with Gasteiger partial charge < -0.3 is 0 Å². The number of likely N-dealkylation sites (tertiary alicyclic amines) is 1. The molecule has 0 spiro atoms. The smallest absolute Gasteiger partial charge is 0.168 e. The zero-order valence-corrected chi connectivity index (χ0v) is 9.31. The molecule has 0 radical (unpaired) electrons. The Bertz CT molecular complexity index is 359. The van der Waals surface area contributed by atoms with Crippen LogP contribution in [0, 0.1) is 0 Å². The lowest BCUT2D eigenvalue weighted by molar-refractivity contribution is 0.111. The summed E-state index contributed by atoms with van der Waals surface area (Å²) in [6, 6.07) is 2.32. The van der Waals surface area contributed by atoms with E-state index in [1.807, 2.05) is 13.1 Å². The standard InChI is InChI=1S/C11H17N3O/c1-3-14-6-4-5-11(14)10-7-9(8-15)13(2)12-10/h7-8,11H,3-6H2,1-2H3. The molecular weight excluding hydrogens is 190 g/mol. The van der Waals surface area contributed by atoms with E-state index in [-0.39, 0.29) is 0 Å². The quantitative estimate of drug-likeness (QED) is 0.703. The van der Waals surface area contributed by atoms with E-state index in [2.05, 4.69) is 16.9 Å². The Balaban J connectivity index is 2.24. The minimum Gasteiger partial charge on any atom is -0.296 e. The van der Waals surface area contributed by atoms with Gasteiger partial charge in [0, 0.05) is 7.05 Å². The molecular formula is C11H17N3O. The first-order valence-electron chi connectivity index (χ1n) is 5.49. The van der Waals surface area contributed by atoms with Gasteiger partial charge in [-0.15, -0.1) is 0 Å². The SMILES string of the molecule is CCN1CCCC1c1cc(C=O)n(C)n1. The maximum Gasteiger partial charge on any atom is 0.168 e. The van der Waals surface area contributed by atoms with Crippen LogP contribution in [0.15, 0.2) is 6.07 Å². The van der Waals surface area contributed by atoms with E-state index in [9.17, 15) is 4.79 Å². The summed E-state index contributed by atoms with van der Waals surface area (Å²) in [6.07, 6.45) is 3.25. The highest BCUT2D eigenvalue weighted by molar-refractivity contribution is 5.72. The third kappa shape index (κ3) is 1.81. The zero-order chi connectivity index (χ0) is 10.8. The van der Waals surface area contributed by atoms with Crippen molar-refractivity contribution in [3.8, 4) is 0 Å². The van der Waals surface area contributed by atoms with E-state index in [0.717, 1.165) is 31.5 Å². The molecule has 4 nitrogen and oxygen atoms in total. The molecule has 0 saturated carbocycles. The van der Waals surface area contributed by atoms with Gasteiger partial charge in [-0.05, 0) is 32.0 Å². The molecule has 1 atom stereocenters. The number of aromatic nitrogens is 2. The predicted molar refractivity (Wildman–Crippen MR) is 57.8 cm³/mol. The Kier molecular flexibility index (Phi) is 2.86. The van der Waals surface area contributed by atoms with Crippen LogP contribution in [0.1, 0.15) is 42.0 Å². The predicted octanol–water partition coefficient (Wildman–Crippen LogP) is 1.39. The van der Waals surface area contributed by atoms with Gasteiger partial charge in [-0.25, -0.2) is 0 Å². The summed E-state index contributed by atoms with van der Waals surface area (Å²) in [5.74, 6) is 0. The summed E-state index contributed by atoms with van der Waals surface area (Å²) in [4.78, 5) is 13.1. The van der Waals surface area contributed by atoms with Crippen molar-refractivity contribution < 1.29 is 4.79 Å². The Morgan fingerprint density at radius 1 is 1.67 bits per heavy atom. The lowest BCUT2D eigenvalue weighted by Gasteiger charge is -2.20. The maximum atomic E-state index is 10.7. The van der Waals surface area contributed by atoms with Gasteiger partial charge in [-0.3, -0.25) is 14.4 Å². The summed E-state index contributed by atoms with van der Waals surface area (Å²) in [7, 11) is 1.82. The van der Waals surface area contributed by atoms with Crippen LogP contribution >= 0.6 is 0 Å². The average molecular weight is 207 g/mol. The van der Waals surface area contributed by atoms with Crippen LogP contribution < -0.4 is 0 Å². The van der Waals surface area contributed by atoms with Crippen molar-refractivity contribution in [1.82, 2.24) is 14.7 Å². The molecule has 0 aliphatic carbocycles. The highest BCUT2D eigenvalue weighted by Crippen LogP contribution is 2.30.